The summed E-state index contributed by atoms with van der Waals surface area (Å²) in [6, 6.07) is 5.07. The van der Waals surface area contributed by atoms with Gasteiger partial charge in [0.15, 0.2) is 0 Å². The summed E-state index contributed by atoms with van der Waals surface area (Å²) in [6.07, 6.45) is 6.08. The summed E-state index contributed by atoms with van der Waals surface area (Å²) in [4.78, 5) is 22.8. The van der Waals surface area contributed by atoms with Crippen LogP contribution in [0.2, 0.25) is 0 Å². The van der Waals surface area contributed by atoms with Gasteiger partial charge in [0.1, 0.15) is 17.4 Å². The van der Waals surface area contributed by atoms with E-state index >= 15 is 0 Å². The van der Waals surface area contributed by atoms with Gasteiger partial charge < -0.3 is 9.72 Å². The van der Waals surface area contributed by atoms with E-state index in [1.54, 1.807) is 7.11 Å². The SMILES string of the molecule is COc1ccc(CN2CCC3(CCc4c3nc(C3CC3)[nH]c4=O)CC2)c(F)c1. The van der Waals surface area contributed by atoms with E-state index in [1.165, 1.54) is 6.07 Å². The lowest BCUT2D eigenvalue weighted by molar-refractivity contribution is 0.148. The molecule has 0 bridgehead atoms. The first-order valence-electron chi connectivity index (χ1n) is 10.3. The van der Waals surface area contributed by atoms with Crippen molar-refractivity contribution in [3.63, 3.8) is 0 Å². The monoisotopic (exact) mass is 383 g/mol. The minimum atomic E-state index is -0.215. The van der Waals surface area contributed by atoms with Gasteiger partial charge in [0.2, 0.25) is 0 Å². The molecule has 1 saturated carbocycles. The summed E-state index contributed by atoms with van der Waals surface area (Å²) >= 11 is 0. The summed E-state index contributed by atoms with van der Waals surface area (Å²) in [5, 5.41) is 0. The average molecular weight is 383 g/mol. The molecule has 0 atom stereocenters. The van der Waals surface area contributed by atoms with Crippen LogP contribution in [0.4, 0.5) is 4.39 Å². The van der Waals surface area contributed by atoms with Gasteiger partial charge in [0.05, 0.1) is 12.8 Å². The van der Waals surface area contributed by atoms with Crippen LogP contribution in [-0.2, 0) is 18.4 Å². The minimum Gasteiger partial charge on any atom is -0.497 e. The Hall–Kier alpha value is -2.21. The zero-order valence-electron chi connectivity index (χ0n) is 16.3. The Morgan fingerprint density at radius 2 is 2.07 bits per heavy atom. The van der Waals surface area contributed by atoms with Crippen LogP contribution >= 0.6 is 0 Å². The minimum absolute atomic E-state index is 0.0299. The van der Waals surface area contributed by atoms with E-state index in [4.69, 9.17) is 9.72 Å². The van der Waals surface area contributed by atoms with Crippen molar-refractivity contribution in [3.05, 3.63) is 57.0 Å². The lowest BCUT2D eigenvalue weighted by Crippen LogP contribution is -2.42. The number of nitrogens with one attached hydrogen (secondary N) is 1. The number of fused-ring (bicyclic) bond motifs is 2. The summed E-state index contributed by atoms with van der Waals surface area (Å²) in [6.45, 7) is 2.41. The molecule has 3 aliphatic rings. The normalized spacial score (nSPS) is 21.1. The molecule has 6 heteroatoms. The number of piperidine rings is 1. The lowest BCUT2D eigenvalue weighted by Gasteiger charge is -2.39. The standard InChI is InChI=1S/C22H26FN3O2/c1-28-16-5-4-15(18(23)12-16)13-26-10-8-22(9-11-26)7-6-17-19(22)24-20(14-2-3-14)25-21(17)27/h4-5,12,14H,2-3,6-11,13H2,1H3,(H,24,25,27). The molecule has 1 saturated heterocycles. The van der Waals surface area contributed by atoms with Crippen LogP contribution in [0.25, 0.3) is 0 Å². The van der Waals surface area contributed by atoms with Crippen molar-refractivity contribution in [2.75, 3.05) is 20.2 Å². The van der Waals surface area contributed by atoms with Gasteiger partial charge in [0, 0.05) is 35.1 Å². The summed E-state index contributed by atoms with van der Waals surface area (Å²) in [7, 11) is 1.55. The summed E-state index contributed by atoms with van der Waals surface area (Å²) < 4.78 is 19.4. The van der Waals surface area contributed by atoms with E-state index in [-0.39, 0.29) is 16.8 Å². The zero-order chi connectivity index (χ0) is 19.3. The van der Waals surface area contributed by atoms with E-state index in [0.717, 1.165) is 68.7 Å². The van der Waals surface area contributed by atoms with Gasteiger partial charge in [-0.15, -0.1) is 0 Å². The number of ether oxygens (including phenoxy) is 1. The van der Waals surface area contributed by atoms with E-state index in [1.807, 2.05) is 12.1 Å². The van der Waals surface area contributed by atoms with Crippen molar-refractivity contribution in [1.82, 2.24) is 14.9 Å². The van der Waals surface area contributed by atoms with Crippen LogP contribution in [0.15, 0.2) is 23.0 Å². The van der Waals surface area contributed by atoms with Gasteiger partial charge in [-0.25, -0.2) is 9.37 Å². The molecule has 148 valence electrons. The third kappa shape index (κ3) is 3.04. The molecular formula is C22H26FN3O2. The third-order valence-corrected chi connectivity index (χ3v) is 6.82. The first-order valence-corrected chi connectivity index (χ1v) is 10.3. The Kier molecular flexibility index (Phi) is 4.27. The second-order valence-electron chi connectivity index (χ2n) is 8.57. The molecule has 2 aromatic rings. The molecule has 2 aliphatic carbocycles. The predicted octanol–water partition coefficient (Wildman–Crippen LogP) is 3.28. The second kappa shape index (κ2) is 6.69. The second-order valence-corrected chi connectivity index (χ2v) is 8.57. The first kappa shape index (κ1) is 17.9. The number of aromatic nitrogens is 2. The molecule has 5 rings (SSSR count). The number of aromatic amines is 1. The van der Waals surface area contributed by atoms with E-state index in [9.17, 15) is 9.18 Å². The highest BCUT2D eigenvalue weighted by Gasteiger charge is 2.44. The maximum absolute atomic E-state index is 14.3. The van der Waals surface area contributed by atoms with Gasteiger partial charge in [0.25, 0.3) is 5.56 Å². The molecule has 2 fully saturated rings. The maximum Gasteiger partial charge on any atom is 0.254 e. The Morgan fingerprint density at radius 3 is 2.75 bits per heavy atom. The van der Waals surface area contributed by atoms with E-state index in [2.05, 4.69) is 9.88 Å². The van der Waals surface area contributed by atoms with Crippen molar-refractivity contribution >= 4 is 0 Å². The van der Waals surface area contributed by atoms with Gasteiger partial charge in [-0.05, 0) is 57.7 Å². The van der Waals surface area contributed by atoms with Gasteiger partial charge in [-0.2, -0.15) is 0 Å². The van der Waals surface area contributed by atoms with Crippen LogP contribution in [0, 0.1) is 5.82 Å². The molecule has 1 aromatic carbocycles. The Bertz CT molecular complexity index is 959. The van der Waals surface area contributed by atoms with Gasteiger partial charge in [-0.3, -0.25) is 9.69 Å². The topological polar surface area (TPSA) is 58.2 Å². The molecule has 28 heavy (non-hydrogen) atoms. The number of benzene rings is 1. The number of halogens is 1. The fourth-order valence-electron chi connectivity index (χ4n) is 4.87. The molecular weight excluding hydrogens is 357 g/mol. The molecule has 1 N–H and O–H groups in total. The Morgan fingerprint density at radius 1 is 1.29 bits per heavy atom. The van der Waals surface area contributed by atoms with Crippen LogP contribution in [0.5, 0.6) is 5.75 Å². The predicted molar refractivity (Wildman–Crippen MR) is 104 cm³/mol. The zero-order valence-corrected chi connectivity index (χ0v) is 16.3. The number of H-pyrrole nitrogens is 1. The molecule has 0 radical (unpaired) electrons. The first-order chi connectivity index (χ1) is 13.6. The Balaban J connectivity index is 1.32. The van der Waals surface area contributed by atoms with Crippen molar-refractivity contribution in [2.45, 2.75) is 56.4 Å². The fraction of sp³-hybridized carbons (Fsp3) is 0.545. The number of likely N-dealkylation sites (tertiary alicyclic amines) is 1. The number of methoxy groups -OCH3 is 1. The number of rotatable bonds is 4. The Labute approximate surface area is 163 Å². The molecule has 2 heterocycles. The lowest BCUT2D eigenvalue weighted by atomic mass is 9.76. The van der Waals surface area contributed by atoms with Crippen molar-refractivity contribution in [1.29, 1.82) is 0 Å². The van der Waals surface area contributed by atoms with Crippen LogP contribution in [0.1, 0.15) is 60.7 Å². The fourth-order valence-corrected chi connectivity index (χ4v) is 4.87. The summed E-state index contributed by atoms with van der Waals surface area (Å²) in [5.41, 5.74) is 2.77. The highest BCUT2D eigenvalue weighted by atomic mass is 19.1. The third-order valence-electron chi connectivity index (χ3n) is 6.82. The number of hydrogen-bond donors (Lipinski definition) is 1. The van der Waals surface area contributed by atoms with Crippen LogP contribution < -0.4 is 10.3 Å². The largest absolute Gasteiger partial charge is 0.497 e. The molecule has 1 spiro atoms. The molecule has 1 aromatic heterocycles. The van der Waals surface area contributed by atoms with Crippen molar-refractivity contribution in [3.8, 4) is 5.75 Å². The molecule has 5 nitrogen and oxygen atoms in total. The van der Waals surface area contributed by atoms with E-state index in [0.29, 0.717) is 23.8 Å². The average Bonchev–Trinajstić information content (AvgIpc) is 3.49. The highest BCUT2D eigenvalue weighted by molar-refractivity contribution is 5.34. The maximum atomic E-state index is 14.3. The van der Waals surface area contributed by atoms with Gasteiger partial charge >= 0.3 is 0 Å². The number of nitrogens with zero attached hydrogens (tertiary/aromatic N) is 2. The smallest absolute Gasteiger partial charge is 0.254 e. The van der Waals surface area contributed by atoms with Crippen molar-refractivity contribution < 1.29 is 9.13 Å². The molecule has 1 aliphatic heterocycles. The highest BCUT2D eigenvalue weighted by Crippen LogP contribution is 2.46. The summed E-state index contributed by atoms with van der Waals surface area (Å²) in [5.74, 6) is 1.68. The van der Waals surface area contributed by atoms with Gasteiger partial charge in [-0.1, -0.05) is 6.07 Å². The van der Waals surface area contributed by atoms with Crippen LogP contribution in [-0.4, -0.2) is 35.1 Å². The van der Waals surface area contributed by atoms with E-state index < -0.39 is 0 Å². The quantitative estimate of drug-likeness (QED) is 0.880. The van der Waals surface area contributed by atoms with Crippen molar-refractivity contribution in [2.24, 2.45) is 0 Å². The van der Waals surface area contributed by atoms with Crippen LogP contribution in [0.3, 0.4) is 0 Å². The molecule has 0 amide bonds. The number of hydrogen-bond acceptors (Lipinski definition) is 4. The molecule has 0 unspecified atom stereocenters.